The third-order valence-electron chi connectivity index (χ3n) is 3.19. The average molecular weight is 283 g/mol. The number of nitrogens with one attached hydrogen (secondary N) is 2. The molecule has 16 heavy (non-hydrogen) atoms. The minimum absolute atomic E-state index is 0.441. The van der Waals surface area contributed by atoms with Gasteiger partial charge in [0.25, 0.3) is 0 Å². The van der Waals surface area contributed by atoms with Crippen LogP contribution in [0.25, 0.3) is 0 Å². The predicted molar refractivity (Wildman–Crippen MR) is 71.6 cm³/mol. The van der Waals surface area contributed by atoms with Gasteiger partial charge in [0.1, 0.15) is 0 Å². The minimum atomic E-state index is 0.441. The van der Waals surface area contributed by atoms with Gasteiger partial charge in [-0.05, 0) is 50.6 Å². The van der Waals surface area contributed by atoms with Crippen LogP contribution < -0.4 is 10.6 Å². The summed E-state index contributed by atoms with van der Waals surface area (Å²) in [6.45, 7) is 4.53. The lowest BCUT2D eigenvalue weighted by Gasteiger charge is -2.27. The van der Waals surface area contributed by atoms with Crippen LogP contribution in [0.2, 0.25) is 0 Å². The van der Waals surface area contributed by atoms with Crippen LogP contribution in [-0.4, -0.2) is 19.1 Å². The Labute approximate surface area is 106 Å². The fourth-order valence-corrected chi connectivity index (χ4v) is 2.45. The Balaban J connectivity index is 1.91. The van der Waals surface area contributed by atoms with E-state index in [-0.39, 0.29) is 0 Å². The van der Waals surface area contributed by atoms with Crippen LogP contribution >= 0.6 is 15.9 Å². The maximum absolute atomic E-state index is 3.70. The zero-order valence-electron chi connectivity index (χ0n) is 9.67. The number of hydrogen-bond acceptors (Lipinski definition) is 2. The van der Waals surface area contributed by atoms with Crippen molar-refractivity contribution < 1.29 is 0 Å². The van der Waals surface area contributed by atoms with Crippen molar-refractivity contribution in [3.05, 3.63) is 34.3 Å². The number of piperidine rings is 1. The molecule has 0 amide bonds. The first-order chi connectivity index (χ1) is 7.75. The standard InChI is InChI=1S/C13H19BrN2/c1-10(11-2-4-12(14)5-3-11)16-13-6-8-15-9-7-13/h2-5,10,13,15-16H,6-9H2,1H3/t10-/m0/s1. The molecule has 2 rings (SSSR count). The van der Waals surface area contributed by atoms with Gasteiger partial charge in [-0.2, -0.15) is 0 Å². The lowest BCUT2D eigenvalue weighted by atomic mass is 10.0. The second kappa shape index (κ2) is 5.80. The van der Waals surface area contributed by atoms with Crippen molar-refractivity contribution in [2.75, 3.05) is 13.1 Å². The molecule has 0 radical (unpaired) electrons. The van der Waals surface area contributed by atoms with E-state index in [2.05, 4.69) is 57.8 Å². The lowest BCUT2D eigenvalue weighted by molar-refractivity contribution is 0.359. The molecule has 1 heterocycles. The van der Waals surface area contributed by atoms with Crippen molar-refractivity contribution >= 4 is 15.9 Å². The van der Waals surface area contributed by atoms with Gasteiger partial charge in [0.15, 0.2) is 0 Å². The van der Waals surface area contributed by atoms with Crippen LogP contribution in [0.3, 0.4) is 0 Å². The minimum Gasteiger partial charge on any atom is -0.317 e. The van der Waals surface area contributed by atoms with E-state index in [0.29, 0.717) is 12.1 Å². The normalized spacial score (nSPS) is 19.6. The molecule has 1 aromatic rings. The lowest BCUT2D eigenvalue weighted by Crippen LogP contribution is -2.40. The van der Waals surface area contributed by atoms with Gasteiger partial charge in [0.2, 0.25) is 0 Å². The number of benzene rings is 1. The van der Waals surface area contributed by atoms with E-state index in [1.54, 1.807) is 0 Å². The van der Waals surface area contributed by atoms with E-state index >= 15 is 0 Å². The van der Waals surface area contributed by atoms with Gasteiger partial charge < -0.3 is 10.6 Å². The number of halogens is 1. The van der Waals surface area contributed by atoms with Crippen LogP contribution in [0.1, 0.15) is 31.4 Å². The molecular weight excluding hydrogens is 264 g/mol. The highest BCUT2D eigenvalue weighted by atomic mass is 79.9. The molecule has 1 aliphatic heterocycles. The first-order valence-corrected chi connectivity index (χ1v) is 6.77. The van der Waals surface area contributed by atoms with Crippen molar-refractivity contribution in [1.29, 1.82) is 0 Å². The van der Waals surface area contributed by atoms with Crippen molar-refractivity contribution in [3.63, 3.8) is 0 Å². The summed E-state index contributed by atoms with van der Waals surface area (Å²) in [6, 6.07) is 9.69. The molecule has 0 bridgehead atoms. The molecule has 3 heteroatoms. The monoisotopic (exact) mass is 282 g/mol. The first kappa shape index (κ1) is 12.1. The molecule has 0 unspecified atom stereocenters. The number of hydrogen-bond donors (Lipinski definition) is 2. The van der Waals surface area contributed by atoms with E-state index in [0.717, 1.165) is 17.6 Å². The van der Waals surface area contributed by atoms with E-state index in [4.69, 9.17) is 0 Å². The SMILES string of the molecule is C[C@H](NC1CCNCC1)c1ccc(Br)cc1. The molecule has 1 fully saturated rings. The average Bonchev–Trinajstić information content (AvgIpc) is 2.31. The summed E-state index contributed by atoms with van der Waals surface area (Å²) in [4.78, 5) is 0. The van der Waals surface area contributed by atoms with E-state index in [1.165, 1.54) is 18.4 Å². The molecule has 1 aromatic carbocycles. The highest BCUT2D eigenvalue weighted by molar-refractivity contribution is 9.10. The third kappa shape index (κ3) is 3.30. The van der Waals surface area contributed by atoms with Gasteiger partial charge >= 0.3 is 0 Å². The largest absolute Gasteiger partial charge is 0.317 e. The summed E-state index contributed by atoms with van der Waals surface area (Å²) >= 11 is 3.46. The highest BCUT2D eigenvalue weighted by Gasteiger charge is 2.15. The summed E-state index contributed by atoms with van der Waals surface area (Å²) < 4.78 is 1.14. The van der Waals surface area contributed by atoms with E-state index < -0.39 is 0 Å². The molecule has 0 aliphatic carbocycles. The van der Waals surface area contributed by atoms with Crippen molar-refractivity contribution in [2.24, 2.45) is 0 Å². The van der Waals surface area contributed by atoms with Gasteiger partial charge in [0, 0.05) is 16.6 Å². The fourth-order valence-electron chi connectivity index (χ4n) is 2.19. The quantitative estimate of drug-likeness (QED) is 0.891. The second-order valence-corrected chi connectivity index (χ2v) is 5.38. The molecule has 0 aromatic heterocycles. The first-order valence-electron chi connectivity index (χ1n) is 5.98. The Morgan fingerprint density at radius 1 is 1.25 bits per heavy atom. The summed E-state index contributed by atoms with van der Waals surface area (Å²) in [7, 11) is 0. The maximum atomic E-state index is 3.70. The predicted octanol–water partition coefficient (Wildman–Crippen LogP) is 2.85. The van der Waals surface area contributed by atoms with Gasteiger partial charge in [-0.25, -0.2) is 0 Å². The summed E-state index contributed by atoms with van der Waals surface area (Å²) in [6.07, 6.45) is 2.47. The Morgan fingerprint density at radius 2 is 1.88 bits per heavy atom. The highest BCUT2D eigenvalue weighted by Crippen LogP contribution is 2.18. The Morgan fingerprint density at radius 3 is 2.50 bits per heavy atom. The Bertz CT molecular complexity index is 317. The number of rotatable bonds is 3. The third-order valence-corrected chi connectivity index (χ3v) is 3.72. The fraction of sp³-hybridized carbons (Fsp3) is 0.538. The smallest absolute Gasteiger partial charge is 0.0294 e. The molecule has 2 nitrogen and oxygen atoms in total. The van der Waals surface area contributed by atoms with E-state index in [1.807, 2.05) is 0 Å². The molecular formula is C13H19BrN2. The summed E-state index contributed by atoms with van der Waals surface area (Å²) in [5.74, 6) is 0. The molecule has 0 spiro atoms. The van der Waals surface area contributed by atoms with Crippen molar-refractivity contribution in [1.82, 2.24) is 10.6 Å². The topological polar surface area (TPSA) is 24.1 Å². The molecule has 1 atom stereocenters. The van der Waals surface area contributed by atoms with Crippen LogP contribution in [-0.2, 0) is 0 Å². The van der Waals surface area contributed by atoms with Crippen LogP contribution in [0.15, 0.2) is 28.7 Å². The second-order valence-electron chi connectivity index (χ2n) is 4.46. The van der Waals surface area contributed by atoms with Crippen LogP contribution in [0.4, 0.5) is 0 Å². The molecule has 1 aliphatic rings. The molecule has 88 valence electrons. The van der Waals surface area contributed by atoms with Crippen molar-refractivity contribution in [3.8, 4) is 0 Å². The van der Waals surface area contributed by atoms with Crippen LogP contribution in [0.5, 0.6) is 0 Å². The van der Waals surface area contributed by atoms with Gasteiger partial charge in [-0.3, -0.25) is 0 Å². The van der Waals surface area contributed by atoms with Gasteiger partial charge in [-0.1, -0.05) is 28.1 Å². The zero-order valence-corrected chi connectivity index (χ0v) is 11.3. The molecule has 2 N–H and O–H groups in total. The van der Waals surface area contributed by atoms with Gasteiger partial charge in [0.05, 0.1) is 0 Å². The maximum Gasteiger partial charge on any atom is 0.0294 e. The summed E-state index contributed by atoms with van der Waals surface area (Å²) in [5.41, 5.74) is 1.36. The van der Waals surface area contributed by atoms with Crippen molar-refractivity contribution in [2.45, 2.75) is 31.8 Å². The van der Waals surface area contributed by atoms with Crippen LogP contribution in [0, 0.1) is 0 Å². The Hall–Kier alpha value is -0.380. The van der Waals surface area contributed by atoms with E-state index in [9.17, 15) is 0 Å². The molecule has 1 saturated heterocycles. The Kier molecular flexibility index (Phi) is 4.38. The molecule has 0 saturated carbocycles. The zero-order chi connectivity index (χ0) is 11.4. The van der Waals surface area contributed by atoms with Gasteiger partial charge in [-0.15, -0.1) is 0 Å². The summed E-state index contributed by atoms with van der Waals surface area (Å²) in [5, 5.41) is 7.09.